The molecule has 0 aromatic heterocycles. The zero-order chi connectivity index (χ0) is 11.6. The molecule has 2 N–H and O–H groups in total. The first-order valence-corrected chi connectivity index (χ1v) is 4.95. The van der Waals surface area contributed by atoms with Crippen molar-refractivity contribution in [3.8, 4) is 5.75 Å². The summed E-state index contributed by atoms with van der Waals surface area (Å²) in [7, 11) is 1.45. The van der Waals surface area contributed by atoms with Crippen LogP contribution in [0.4, 0.5) is 4.39 Å². The van der Waals surface area contributed by atoms with Crippen LogP contribution >= 0.6 is 0 Å². The topological polar surface area (TPSA) is 35.2 Å². The first kappa shape index (κ1) is 12.0. The van der Waals surface area contributed by atoms with Crippen molar-refractivity contribution in [1.82, 2.24) is 0 Å². The van der Waals surface area contributed by atoms with Crippen LogP contribution in [0.25, 0.3) is 0 Å². The zero-order valence-electron chi connectivity index (χ0n) is 9.67. The fourth-order valence-corrected chi connectivity index (χ4v) is 1.38. The van der Waals surface area contributed by atoms with E-state index in [2.05, 4.69) is 0 Å². The lowest BCUT2D eigenvalue weighted by molar-refractivity contribution is 0.325. The number of ether oxygens (including phenoxy) is 1. The maximum absolute atomic E-state index is 13.4. The lowest BCUT2D eigenvalue weighted by Gasteiger charge is -2.27. The summed E-state index contributed by atoms with van der Waals surface area (Å²) in [4.78, 5) is 0. The third-order valence-corrected chi connectivity index (χ3v) is 2.47. The highest BCUT2D eigenvalue weighted by molar-refractivity contribution is 5.31. The van der Waals surface area contributed by atoms with E-state index in [9.17, 15) is 4.39 Å². The van der Waals surface area contributed by atoms with Crippen molar-refractivity contribution in [1.29, 1.82) is 0 Å². The van der Waals surface area contributed by atoms with Gasteiger partial charge in [-0.2, -0.15) is 0 Å². The highest BCUT2D eigenvalue weighted by Crippen LogP contribution is 2.32. The molecule has 84 valence electrons. The predicted octanol–water partition coefficient (Wildman–Crippen LogP) is 2.88. The quantitative estimate of drug-likeness (QED) is 0.816. The van der Waals surface area contributed by atoms with Gasteiger partial charge in [0.2, 0.25) is 0 Å². The molecule has 0 spiro atoms. The van der Waals surface area contributed by atoms with Crippen LogP contribution in [0, 0.1) is 11.2 Å². The first-order valence-electron chi connectivity index (χ1n) is 4.95. The molecule has 0 unspecified atom stereocenters. The molecule has 0 aliphatic carbocycles. The van der Waals surface area contributed by atoms with Gasteiger partial charge < -0.3 is 10.5 Å². The Bertz CT molecular complexity index is 344. The monoisotopic (exact) mass is 211 g/mol. The molecule has 0 aliphatic heterocycles. The van der Waals surface area contributed by atoms with E-state index in [1.807, 2.05) is 20.8 Å². The number of nitrogens with two attached hydrogens (primary N) is 1. The molecule has 3 heteroatoms. The highest BCUT2D eigenvalue weighted by atomic mass is 19.1. The molecule has 1 aromatic carbocycles. The van der Waals surface area contributed by atoms with Crippen molar-refractivity contribution in [3.05, 3.63) is 29.6 Å². The Kier molecular flexibility index (Phi) is 3.35. The van der Waals surface area contributed by atoms with Crippen LogP contribution in [-0.2, 0) is 0 Å². The Morgan fingerprint density at radius 1 is 1.33 bits per heavy atom. The summed E-state index contributed by atoms with van der Waals surface area (Å²) >= 11 is 0. The second-order valence-electron chi connectivity index (χ2n) is 4.74. The van der Waals surface area contributed by atoms with Gasteiger partial charge in [-0.1, -0.05) is 26.8 Å². The van der Waals surface area contributed by atoms with Gasteiger partial charge in [-0.15, -0.1) is 0 Å². The van der Waals surface area contributed by atoms with Crippen LogP contribution in [0.15, 0.2) is 18.2 Å². The SMILES string of the molecule is COc1ccc([C@H](N)C(C)(C)C)cc1F. The van der Waals surface area contributed by atoms with Crippen LogP contribution in [0.5, 0.6) is 5.75 Å². The normalized spacial score (nSPS) is 13.7. The Morgan fingerprint density at radius 2 is 1.93 bits per heavy atom. The molecule has 1 atom stereocenters. The van der Waals surface area contributed by atoms with Gasteiger partial charge in [0.25, 0.3) is 0 Å². The van der Waals surface area contributed by atoms with Crippen LogP contribution < -0.4 is 10.5 Å². The summed E-state index contributed by atoms with van der Waals surface area (Å²) in [6.45, 7) is 6.08. The molecule has 0 amide bonds. The van der Waals surface area contributed by atoms with E-state index in [1.165, 1.54) is 13.2 Å². The van der Waals surface area contributed by atoms with Crippen LogP contribution in [-0.4, -0.2) is 7.11 Å². The van der Waals surface area contributed by atoms with Gasteiger partial charge in [0.05, 0.1) is 7.11 Å². The van der Waals surface area contributed by atoms with Crippen molar-refractivity contribution in [2.45, 2.75) is 26.8 Å². The molecular formula is C12H18FNO. The molecule has 0 bridgehead atoms. The zero-order valence-corrected chi connectivity index (χ0v) is 9.67. The summed E-state index contributed by atoms with van der Waals surface area (Å²) in [6.07, 6.45) is 0. The van der Waals surface area contributed by atoms with Gasteiger partial charge in [-0.3, -0.25) is 0 Å². The summed E-state index contributed by atoms with van der Waals surface area (Å²) in [5.74, 6) is -0.116. The average molecular weight is 211 g/mol. The maximum atomic E-state index is 13.4. The standard InChI is InChI=1S/C12H18FNO/c1-12(2,3)11(14)8-5-6-10(15-4)9(13)7-8/h5-7,11H,14H2,1-4H3/t11-/m0/s1. The summed E-state index contributed by atoms with van der Waals surface area (Å²) < 4.78 is 18.3. The van der Waals surface area contributed by atoms with E-state index in [4.69, 9.17) is 10.5 Å². The molecule has 15 heavy (non-hydrogen) atoms. The van der Waals surface area contributed by atoms with Crippen LogP contribution in [0.2, 0.25) is 0 Å². The predicted molar refractivity (Wildman–Crippen MR) is 59.3 cm³/mol. The van der Waals surface area contributed by atoms with Gasteiger partial charge in [-0.05, 0) is 23.1 Å². The van der Waals surface area contributed by atoms with Crippen molar-refractivity contribution >= 4 is 0 Å². The minimum Gasteiger partial charge on any atom is -0.494 e. The Morgan fingerprint density at radius 3 is 2.33 bits per heavy atom. The molecule has 2 nitrogen and oxygen atoms in total. The smallest absolute Gasteiger partial charge is 0.165 e. The number of methoxy groups -OCH3 is 1. The molecule has 0 aliphatic rings. The van der Waals surface area contributed by atoms with E-state index in [-0.39, 0.29) is 23.0 Å². The summed E-state index contributed by atoms with van der Waals surface area (Å²) in [5, 5.41) is 0. The third-order valence-electron chi connectivity index (χ3n) is 2.47. The summed E-state index contributed by atoms with van der Waals surface area (Å²) in [5.41, 5.74) is 6.74. The minimum atomic E-state index is -0.366. The largest absolute Gasteiger partial charge is 0.494 e. The minimum absolute atomic E-state index is 0.0823. The van der Waals surface area contributed by atoms with Crippen LogP contribution in [0.1, 0.15) is 32.4 Å². The van der Waals surface area contributed by atoms with Crippen molar-refractivity contribution in [2.75, 3.05) is 7.11 Å². The molecule has 0 heterocycles. The van der Waals surface area contributed by atoms with Crippen molar-refractivity contribution in [3.63, 3.8) is 0 Å². The molecule has 0 radical (unpaired) electrons. The van der Waals surface area contributed by atoms with E-state index in [1.54, 1.807) is 12.1 Å². The number of rotatable bonds is 2. The second-order valence-corrected chi connectivity index (χ2v) is 4.74. The van der Waals surface area contributed by atoms with Gasteiger partial charge in [0.1, 0.15) is 0 Å². The van der Waals surface area contributed by atoms with Gasteiger partial charge >= 0.3 is 0 Å². The Hall–Kier alpha value is -1.09. The highest BCUT2D eigenvalue weighted by Gasteiger charge is 2.23. The molecule has 1 rings (SSSR count). The fraction of sp³-hybridized carbons (Fsp3) is 0.500. The maximum Gasteiger partial charge on any atom is 0.165 e. The Labute approximate surface area is 90.2 Å². The average Bonchev–Trinajstić information content (AvgIpc) is 2.15. The Balaban J connectivity index is 3.02. The third kappa shape index (κ3) is 2.69. The van der Waals surface area contributed by atoms with E-state index < -0.39 is 0 Å². The van der Waals surface area contributed by atoms with Gasteiger partial charge in [0.15, 0.2) is 11.6 Å². The number of benzene rings is 1. The van der Waals surface area contributed by atoms with E-state index >= 15 is 0 Å². The number of halogens is 1. The van der Waals surface area contributed by atoms with Gasteiger partial charge in [-0.25, -0.2) is 4.39 Å². The van der Waals surface area contributed by atoms with E-state index in [0.717, 1.165) is 5.56 Å². The van der Waals surface area contributed by atoms with Crippen molar-refractivity contribution in [2.24, 2.45) is 11.1 Å². The number of hydrogen-bond acceptors (Lipinski definition) is 2. The lowest BCUT2D eigenvalue weighted by atomic mass is 9.83. The summed E-state index contributed by atoms with van der Waals surface area (Å²) in [6, 6.07) is 4.67. The first-order chi connectivity index (χ1) is 6.86. The van der Waals surface area contributed by atoms with Crippen molar-refractivity contribution < 1.29 is 9.13 Å². The molecule has 0 saturated heterocycles. The fourth-order valence-electron chi connectivity index (χ4n) is 1.38. The number of hydrogen-bond donors (Lipinski definition) is 1. The molecular weight excluding hydrogens is 193 g/mol. The molecule has 0 fully saturated rings. The molecule has 1 aromatic rings. The van der Waals surface area contributed by atoms with Crippen LogP contribution in [0.3, 0.4) is 0 Å². The van der Waals surface area contributed by atoms with Gasteiger partial charge in [0, 0.05) is 6.04 Å². The molecule has 0 saturated carbocycles. The lowest BCUT2D eigenvalue weighted by Crippen LogP contribution is -2.26. The van der Waals surface area contributed by atoms with E-state index in [0.29, 0.717) is 0 Å². The second kappa shape index (κ2) is 4.19.